The average Bonchev–Trinajstić information content (AvgIpc) is 3.18. The number of methoxy groups -OCH3 is 1. The third-order valence-corrected chi connectivity index (χ3v) is 5.44. The molecule has 0 spiro atoms. The molecule has 0 saturated heterocycles. The molecule has 0 aliphatic heterocycles. The predicted octanol–water partition coefficient (Wildman–Crippen LogP) is 6.88. The summed E-state index contributed by atoms with van der Waals surface area (Å²) in [5.74, 6) is 0.789. The summed E-state index contributed by atoms with van der Waals surface area (Å²) in [7, 11) is 1.66. The van der Waals surface area contributed by atoms with Crippen molar-refractivity contribution < 1.29 is 13.5 Å². The van der Waals surface area contributed by atoms with E-state index in [4.69, 9.17) is 4.74 Å². The molecular weight excluding hydrogens is 366 g/mol. The van der Waals surface area contributed by atoms with Crippen LogP contribution in [0.5, 0.6) is 5.75 Å². The van der Waals surface area contributed by atoms with Crippen LogP contribution in [0.4, 0.5) is 8.78 Å². The molecule has 0 N–H and O–H groups in total. The molecule has 2 atom stereocenters. The van der Waals surface area contributed by atoms with E-state index in [0.717, 1.165) is 23.3 Å². The van der Waals surface area contributed by atoms with E-state index in [9.17, 15) is 8.78 Å². The molecule has 0 heterocycles. The van der Waals surface area contributed by atoms with Gasteiger partial charge in [-0.25, -0.2) is 8.78 Å². The molecule has 0 fully saturated rings. The van der Waals surface area contributed by atoms with Crippen LogP contribution < -0.4 is 4.74 Å². The Bertz CT molecular complexity index is 1020. The Morgan fingerprint density at radius 2 is 1.34 bits per heavy atom. The minimum absolute atomic E-state index is 0.194. The maximum atomic E-state index is 13.4. The number of hydrogen-bond donors (Lipinski definition) is 0. The highest BCUT2D eigenvalue weighted by molar-refractivity contribution is 5.55. The van der Waals surface area contributed by atoms with E-state index in [1.807, 2.05) is 30.3 Å². The van der Waals surface area contributed by atoms with Gasteiger partial charge in [0.1, 0.15) is 17.4 Å². The maximum absolute atomic E-state index is 13.4. The zero-order chi connectivity index (χ0) is 20.2. The molecule has 0 saturated carbocycles. The van der Waals surface area contributed by atoms with Gasteiger partial charge in [0.15, 0.2) is 0 Å². The molecule has 1 aliphatic carbocycles. The highest BCUT2D eigenvalue weighted by Gasteiger charge is 2.29. The first-order valence-electron chi connectivity index (χ1n) is 9.66. The summed E-state index contributed by atoms with van der Waals surface area (Å²) < 4.78 is 31.8. The molecule has 1 aliphatic rings. The summed E-state index contributed by atoms with van der Waals surface area (Å²) in [4.78, 5) is 0. The summed E-state index contributed by atoms with van der Waals surface area (Å²) in [5, 5.41) is 0. The van der Waals surface area contributed by atoms with Crippen LogP contribution in [0.25, 0.3) is 6.08 Å². The monoisotopic (exact) mass is 388 g/mol. The van der Waals surface area contributed by atoms with Crippen molar-refractivity contribution in [2.24, 2.45) is 0 Å². The van der Waals surface area contributed by atoms with Crippen molar-refractivity contribution in [1.29, 1.82) is 0 Å². The maximum Gasteiger partial charge on any atom is 0.123 e. The average molecular weight is 388 g/mol. The molecule has 0 radical (unpaired) electrons. The van der Waals surface area contributed by atoms with Crippen molar-refractivity contribution >= 4 is 6.08 Å². The Labute approximate surface area is 170 Å². The van der Waals surface area contributed by atoms with Crippen LogP contribution in [0.2, 0.25) is 0 Å². The minimum atomic E-state index is -0.238. The van der Waals surface area contributed by atoms with E-state index in [1.54, 1.807) is 19.2 Å². The third-order valence-electron chi connectivity index (χ3n) is 5.44. The Morgan fingerprint density at radius 1 is 0.759 bits per heavy atom. The number of allylic oxidation sites excluding steroid dienone is 3. The first kappa shape index (κ1) is 19.1. The third kappa shape index (κ3) is 4.45. The van der Waals surface area contributed by atoms with Gasteiger partial charge in [0.25, 0.3) is 0 Å². The highest BCUT2D eigenvalue weighted by Crippen LogP contribution is 2.45. The van der Waals surface area contributed by atoms with Crippen LogP contribution >= 0.6 is 0 Å². The number of ether oxygens (including phenoxy) is 1. The van der Waals surface area contributed by atoms with Crippen LogP contribution in [0.15, 0.2) is 90.5 Å². The van der Waals surface area contributed by atoms with Crippen LogP contribution in [0, 0.1) is 11.6 Å². The predicted molar refractivity (Wildman–Crippen MR) is 113 cm³/mol. The number of hydrogen-bond acceptors (Lipinski definition) is 1. The summed E-state index contributed by atoms with van der Waals surface area (Å²) in [6.07, 6.45) is 7.23. The van der Waals surface area contributed by atoms with Gasteiger partial charge in [-0.3, -0.25) is 0 Å². The molecule has 0 amide bonds. The fourth-order valence-electron chi connectivity index (χ4n) is 3.89. The lowest BCUT2D eigenvalue weighted by Crippen LogP contribution is -2.05. The molecule has 4 rings (SSSR count). The van der Waals surface area contributed by atoms with E-state index in [-0.39, 0.29) is 23.5 Å². The van der Waals surface area contributed by atoms with Gasteiger partial charge >= 0.3 is 0 Å². The molecule has 0 unspecified atom stereocenters. The molecule has 146 valence electrons. The van der Waals surface area contributed by atoms with Crippen LogP contribution in [-0.4, -0.2) is 7.11 Å². The lowest BCUT2D eigenvalue weighted by atomic mass is 9.83. The van der Waals surface area contributed by atoms with Crippen molar-refractivity contribution in [3.63, 3.8) is 0 Å². The van der Waals surface area contributed by atoms with Gasteiger partial charge in [-0.15, -0.1) is 0 Å². The van der Waals surface area contributed by atoms with Crippen molar-refractivity contribution in [3.05, 3.63) is 119 Å². The molecule has 3 aromatic rings. The normalized spacial score (nSPS) is 18.8. The molecule has 3 heteroatoms. The fraction of sp³-hybridized carbons (Fsp3) is 0.154. The molecular formula is C26H22F2O. The van der Waals surface area contributed by atoms with Gasteiger partial charge in [0.05, 0.1) is 7.11 Å². The molecule has 3 aromatic carbocycles. The quantitative estimate of drug-likeness (QED) is 0.463. The Kier molecular flexibility index (Phi) is 5.57. The van der Waals surface area contributed by atoms with Crippen LogP contribution in [0.3, 0.4) is 0 Å². The van der Waals surface area contributed by atoms with Gasteiger partial charge in [-0.05, 0) is 65.4 Å². The topological polar surface area (TPSA) is 9.23 Å². The minimum Gasteiger partial charge on any atom is -0.497 e. The van der Waals surface area contributed by atoms with Crippen molar-refractivity contribution in [2.75, 3.05) is 7.11 Å². The first-order chi connectivity index (χ1) is 14.1. The van der Waals surface area contributed by atoms with Crippen molar-refractivity contribution in [3.8, 4) is 5.75 Å². The summed E-state index contributed by atoms with van der Waals surface area (Å²) in [5.41, 5.74) is 4.49. The zero-order valence-corrected chi connectivity index (χ0v) is 16.2. The highest BCUT2D eigenvalue weighted by atomic mass is 19.1. The van der Waals surface area contributed by atoms with Crippen molar-refractivity contribution in [2.45, 2.75) is 18.3 Å². The van der Waals surface area contributed by atoms with Gasteiger partial charge in [0.2, 0.25) is 0 Å². The summed E-state index contributed by atoms with van der Waals surface area (Å²) in [6.45, 7) is 0. The van der Waals surface area contributed by atoms with Gasteiger partial charge in [-0.1, -0.05) is 60.2 Å². The van der Waals surface area contributed by atoms with Gasteiger partial charge in [-0.2, -0.15) is 0 Å². The van der Waals surface area contributed by atoms with Crippen molar-refractivity contribution in [1.82, 2.24) is 0 Å². The summed E-state index contributed by atoms with van der Waals surface area (Å²) >= 11 is 0. The molecule has 29 heavy (non-hydrogen) atoms. The standard InChI is InChI=1S/C26H22F2O/c1-29-24-14-8-21(9-15-24)26-17-19(3-2-18-4-10-22(27)11-5-18)16-25(26)20-6-12-23(28)13-7-20/h2-15,17,25-26H,16H2,1H3/b3-2+/t25-,26-/m1/s1. The second kappa shape index (κ2) is 8.44. The van der Waals surface area contributed by atoms with E-state index < -0.39 is 0 Å². The zero-order valence-electron chi connectivity index (χ0n) is 16.2. The fourth-order valence-corrected chi connectivity index (χ4v) is 3.89. The SMILES string of the molecule is COc1ccc([C@H]2C=C(/C=C/c3ccc(F)cc3)C[C@@H]2c2ccc(F)cc2)cc1. The van der Waals surface area contributed by atoms with E-state index in [0.29, 0.717) is 0 Å². The number of rotatable bonds is 5. The lowest BCUT2D eigenvalue weighted by molar-refractivity contribution is 0.414. The van der Waals surface area contributed by atoms with E-state index >= 15 is 0 Å². The van der Waals surface area contributed by atoms with Gasteiger partial charge in [0, 0.05) is 5.92 Å². The Balaban J connectivity index is 1.63. The largest absolute Gasteiger partial charge is 0.497 e. The molecule has 1 nitrogen and oxygen atoms in total. The molecule has 0 bridgehead atoms. The van der Waals surface area contributed by atoms with Crippen LogP contribution in [0.1, 0.15) is 34.9 Å². The Hall–Kier alpha value is -3.20. The van der Waals surface area contributed by atoms with Gasteiger partial charge < -0.3 is 4.74 Å². The Morgan fingerprint density at radius 3 is 1.97 bits per heavy atom. The van der Waals surface area contributed by atoms with E-state index in [2.05, 4.69) is 24.3 Å². The van der Waals surface area contributed by atoms with Crippen LogP contribution in [-0.2, 0) is 0 Å². The smallest absolute Gasteiger partial charge is 0.123 e. The second-order valence-corrected chi connectivity index (χ2v) is 7.29. The summed E-state index contributed by atoms with van der Waals surface area (Å²) in [6, 6.07) is 21.3. The lowest BCUT2D eigenvalue weighted by Gasteiger charge is -2.20. The molecule has 0 aromatic heterocycles. The number of benzene rings is 3. The first-order valence-corrected chi connectivity index (χ1v) is 9.66. The van der Waals surface area contributed by atoms with E-state index in [1.165, 1.54) is 35.4 Å². The second-order valence-electron chi connectivity index (χ2n) is 7.29. The number of halogens is 2.